The van der Waals surface area contributed by atoms with E-state index in [9.17, 15) is 5.11 Å². The van der Waals surface area contributed by atoms with Crippen LogP contribution in [0.15, 0.2) is 41.7 Å². The van der Waals surface area contributed by atoms with Crippen molar-refractivity contribution in [3.63, 3.8) is 0 Å². The van der Waals surface area contributed by atoms with E-state index in [1.807, 2.05) is 41.8 Å². The van der Waals surface area contributed by atoms with Gasteiger partial charge in [0.1, 0.15) is 12.9 Å². The average Bonchev–Trinajstić information content (AvgIpc) is 3.13. The molecule has 0 radical (unpaired) electrons. The second-order valence-electron chi connectivity index (χ2n) is 6.20. The number of rotatable bonds is 10. The molecule has 0 aliphatic heterocycles. The Morgan fingerprint density at radius 1 is 1.19 bits per heavy atom. The summed E-state index contributed by atoms with van der Waals surface area (Å²) in [6.45, 7) is 6.45. The molecule has 0 aliphatic rings. The fourth-order valence-electron chi connectivity index (χ4n) is 2.84. The molecule has 0 bridgehead atoms. The highest BCUT2D eigenvalue weighted by molar-refractivity contribution is 14.0. The van der Waals surface area contributed by atoms with Gasteiger partial charge in [0.2, 0.25) is 0 Å². The summed E-state index contributed by atoms with van der Waals surface area (Å²) in [6.07, 6.45) is 4.72. The Hall–Kier alpha value is -1.68. The van der Waals surface area contributed by atoms with Gasteiger partial charge in [-0.15, -0.1) is 34.2 Å². The SMILES string of the molecule is CCCC(CCO)CNC(=NCc1nncn1-c1ccccc1)NCC.I. The van der Waals surface area contributed by atoms with E-state index in [-0.39, 0.29) is 30.6 Å². The van der Waals surface area contributed by atoms with Gasteiger partial charge in [0.15, 0.2) is 11.8 Å². The van der Waals surface area contributed by atoms with Gasteiger partial charge in [-0.25, -0.2) is 4.99 Å². The van der Waals surface area contributed by atoms with Gasteiger partial charge >= 0.3 is 0 Å². The maximum absolute atomic E-state index is 9.21. The Balaban J connectivity index is 0.00000364. The number of nitrogens with zero attached hydrogens (tertiary/aromatic N) is 4. The van der Waals surface area contributed by atoms with E-state index in [2.05, 4.69) is 32.7 Å². The van der Waals surface area contributed by atoms with E-state index in [4.69, 9.17) is 0 Å². The number of hydrogen-bond donors (Lipinski definition) is 3. The molecule has 0 aliphatic carbocycles. The van der Waals surface area contributed by atoms with Crippen molar-refractivity contribution in [1.82, 2.24) is 25.4 Å². The topological polar surface area (TPSA) is 87.4 Å². The molecule has 8 heteroatoms. The van der Waals surface area contributed by atoms with Crippen molar-refractivity contribution in [2.45, 2.75) is 39.7 Å². The van der Waals surface area contributed by atoms with E-state index in [1.54, 1.807) is 6.33 Å². The lowest BCUT2D eigenvalue weighted by Crippen LogP contribution is -2.40. The van der Waals surface area contributed by atoms with Gasteiger partial charge < -0.3 is 15.7 Å². The lowest BCUT2D eigenvalue weighted by molar-refractivity contribution is 0.251. The van der Waals surface area contributed by atoms with Crippen LogP contribution in [0, 0.1) is 5.92 Å². The number of para-hydroxylation sites is 1. The Morgan fingerprint density at radius 3 is 2.63 bits per heavy atom. The molecule has 2 aromatic rings. The number of benzene rings is 1. The summed E-state index contributed by atoms with van der Waals surface area (Å²) in [4.78, 5) is 4.64. The Morgan fingerprint density at radius 2 is 1.96 bits per heavy atom. The fourth-order valence-corrected chi connectivity index (χ4v) is 2.84. The molecule has 0 fully saturated rings. The molecule has 1 aromatic heterocycles. The summed E-state index contributed by atoms with van der Waals surface area (Å²) in [7, 11) is 0. The summed E-state index contributed by atoms with van der Waals surface area (Å²) in [5.41, 5.74) is 1.02. The summed E-state index contributed by atoms with van der Waals surface area (Å²) < 4.78 is 1.94. The predicted molar refractivity (Wildman–Crippen MR) is 120 cm³/mol. The van der Waals surface area contributed by atoms with E-state index in [0.29, 0.717) is 12.5 Å². The summed E-state index contributed by atoms with van der Waals surface area (Å²) >= 11 is 0. The minimum atomic E-state index is 0. The standard InChI is InChI=1S/C19H30N6O.HI/c1-3-8-16(11-12-26)13-21-19(20-4-2)22-14-18-24-23-15-25(18)17-9-6-5-7-10-17;/h5-7,9-10,15-16,26H,3-4,8,11-14H2,1-2H3,(H2,20,21,22);1H. The number of nitrogens with one attached hydrogen (secondary N) is 2. The monoisotopic (exact) mass is 486 g/mol. The zero-order chi connectivity index (χ0) is 18.6. The number of aliphatic hydroxyl groups is 1. The van der Waals surface area contributed by atoms with Gasteiger partial charge in [-0.05, 0) is 37.8 Å². The van der Waals surface area contributed by atoms with Crippen LogP contribution in [-0.2, 0) is 6.54 Å². The quantitative estimate of drug-likeness (QED) is 0.273. The minimum Gasteiger partial charge on any atom is -0.396 e. The molecule has 0 amide bonds. The van der Waals surface area contributed by atoms with Crippen molar-refractivity contribution < 1.29 is 5.11 Å². The molecule has 2 rings (SSSR count). The predicted octanol–water partition coefficient (Wildman–Crippen LogP) is 2.74. The van der Waals surface area contributed by atoms with Crippen molar-refractivity contribution in [3.05, 3.63) is 42.5 Å². The highest BCUT2D eigenvalue weighted by Crippen LogP contribution is 2.10. The van der Waals surface area contributed by atoms with Gasteiger partial charge in [-0.2, -0.15) is 0 Å². The molecule has 7 nitrogen and oxygen atoms in total. The third-order valence-corrected chi connectivity index (χ3v) is 4.17. The third-order valence-electron chi connectivity index (χ3n) is 4.17. The minimum absolute atomic E-state index is 0. The van der Waals surface area contributed by atoms with Gasteiger partial charge in [-0.1, -0.05) is 31.5 Å². The first-order chi connectivity index (χ1) is 12.8. The largest absolute Gasteiger partial charge is 0.396 e. The lowest BCUT2D eigenvalue weighted by atomic mass is 10.0. The average molecular weight is 486 g/mol. The number of hydrogen-bond acceptors (Lipinski definition) is 4. The van der Waals surface area contributed by atoms with E-state index in [1.165, 1.54) is 0 Å². The zero-order valence-electron chi connectivity index (χ0n) is 16.1. The maximum atomic E-state index is 9.21. The summed E-state index contributed by atoms with van der Waals surface area (Å²) in [6, 6.07) is 10.00. The normalized spacial score (nSPS) is 12.3. The maximum Gasteiger partial charge on any atom is 0.191 e. The van der Waals surface area contributed by atoms with Crippen LogP contribution in [-0.4, -0.2) is 45.5 Å². The van der Waals surface area contributed by atoms with E-state index < -0.39 is 0 Å². The molecule has 0 spiro atoms. The number of guanidine groups is 1. The Labute approximate surface area is 178 Å². The van der Waals surface area contributed by atoms with Crippen LogP contribution in [0.5, 0.6) is 0 Å². The first-order valence-corrected chi connectivity index (χ1v) is 9.35. The first-order valence-electron chi connectivity index (χ1n) is 9.35. The van der Waals surface area contributed by atoms with Crippen LogP contribution < -0.4 is 10.6 Å². The molecule has 27 heavy (non-hydrogen) atoms. The summed E-state index contributed by atoms with van der Waals surface area (Å²) in [5, 5.41) is 24.1. The Bertz CT molecular complexity index is 655. The second-order valence-corrected chi connectivity index (χ2v) is 6.20. The van der Waals surface area contributed by atoms with Crippen LogP contribution >= 0.6 is 24.0 Å². The smallest absolute Gasteiger partial charge is 0.191 e. The number of aliphatic hydroxyl groups excluding tert-OH is 1. The van der Waals surface area contributed by atoms with Crippen LogP contribution in [0.4, 0.5) is 0 Å². The fraction of sp³-hybridized carbons (Fsp3) is 0.526. The van der Waals surface area contributed by atoms with Gasteiger partial charge in [0.25, 0.3) is 0 Å². The Kier molecular flexibility index (Phi) is 11.7. The van der Waals surface area contributed by atoms with Crippen LogP contribution in [0.2, 0.25) is 0 Å². The molecular formula is C19H31IN6O. The van der Waals surface area contributed by atoms with Crippen molar-refractivity contribution in [2.75, 3.05) is 19.7 Å². The molecule has 0 saturated heterocycles. The molecule has 3 N–H and O–H groups in total. The molecule has 150 valence electrons. The molecule has 1 heterocycles. The second kappa shape index (κ2) is 13.5. The van der Waals surface area contributed by atoms with Gasteiger partial charge in [-0.3, -0.25) is 4.57 Å². The number of halogens is 1. The van der Waals surface area contributed by atoms with Crippen LogP contribution in [0.3, 0.4) is 0 Å². The van der Waals surface area contributed by atoms with Crippen molar-refractivity contribution in [3.8, 4) is 5.69 Å². The van der Waals surface area contributed by atoms with E-state index in [0.717, 1.165) is 49.8 Å². The number of aliphatic imine (C=N–C) groups is 1. The molecule has 1 unspecified atom stereocenters. The van der Waals surface area contributed by atoms with Crippen LogP contribution in [0.25, 0.3) is 5.69 Å². The molecule has 1 atom stereocenters. The third kappa shape index (κ3) is 7.84. The van der Waals surface area contributed by atoms with Crippen molar-refractivity contribution in [1.29, 1.82) is 0 Å². The first kappa shape index (κ1) is 23.4. The van der Waals surface area contributed by atoms with Gasteiger partial charge in [0.05, 0.1) is 0 Å². The molecular weight excluding hydrogens is 455 g/mol. The summed E-state index contributed by atoms with van der Waals surface area (Å²) in [5.74, 6) is 1.99. The van der Waals surface area contributed by atoms with Gasteiger partial charge in [0, 0.05) is 25.4 Å². The highest BCUT2D eigenvalue weighted by Gasteiger charge is 2.09. The van der Waals surface area contributed by atoms with Crippen molar-refractivity contribution >= 4 is 29.9 Å². The highest BCUT2D eigenvalue weighted by atomic mass is 127. The van der Waals surface area contributed by atoms with Crippen molar-refractivity contribution in [2.24, 2.45) is 10.9 Å². The molecule has 1 aromatic carbocycles. The van der Waals surface area contributed by atoms with Crippen LogP contribution in [0.1, 0.15) is 38.9 Å². The van der Waals surface area contributed by atoms with E-state index >= 15 is 0 Å². The lowest BCUT2D eigenvalue weighted by Gasteiger charge is -2.18. The number of aromatic nitrogens is 3. The zero-order valence-corrected chi connectivity index (χ0v) is 18.5. The molecule has 0 saturated carbocycles.